The number of rotatable bonds is 4. The highest BCUT2D eigenvalue weighted by molar-refractivity contribution is 8.00. The minimum Gasteiger partial charge on any atom is -0.354 e. The van der Waals surface area contributed by atoms with Gasteiger partial charge in [0.05, 0.1) is 18.1 Å². The molecule has 4 nitrogen and oxygen atoms in total. The summed E-state index contributed by atoms with van der Waals surface area (Å²) in [5.74, 6) is 2.17. The van der Waals surface area contributed by atoms with Crippen molar-refractivity contribution in [2.45, 2.75) is 51.4 Å². The van der Waals surface area contributed by atoms with E-state index in [9.17, 15) is 0 Å². The molecule has 2 rings (SSSR count). The Balaban J connectivity index is 1.95. The molecule has 0 saturated carbocycles. The largest absolute Gasteiger partial charge is 0.354 e. The van der Waals surface area contributed by atoms with Gasteiger partial charge in [0, 0.05) is 36.2 Å². The van der Waals surface area contributed by atoms with Crippen molar-refractivity contribution in [3.8, 4) is 0 Å². The molecule has 0 unspecified atom stereocenters. The Kier molecular flexibility index (Phi) is 5.27. The molecule has 0 amide bonds. The molecule has 20 heavy (non-hydrogen) atoms. The molecule has 0 atom stereocenters. The van der Waals surface area contributed by atoms with Crippen LogP contribution in [-0.2, 0) is 6.54 Å². The lowest BCUT2D eigenvalue weighted by Crippen LogP contribution is -2.28. The fourth-order valence-electron chi connectivity index (χ4n) is 2.16. The van der Waals surface area contributed by atoms with Gasteiger partial charge < -0.3 is 10.2 Å². The second-order valence-electron chi connectivity index (χ2n) is 6.25. The molecule has 2 heterocycles. The lowest BCUT2D eigenvalue weighted by Gasteiger charge is -2.23. The summed E-state index contributed by atoms with van der Waals surface area (Å²) in [6, 6.07) is 0.473. The van der Waals surface area contributed by atoms with E-state index in [1.807, 2.05) is 12.4 Å². The van der Waals surface area contributed by atoms with Crippen molar-refractivity contribution in [2.24, 2.45) is 0 Å². The Hall–Kier alpha value is -0.810. The first-order chi connectivity index (χ1) is 9.46. The van der Waals surface area contributed by atoms with Crippen LogP contribution in [0.5, 0.6) is 0 Å². The molecule has 5 heteroatoms. The Morgan fingerprint density at radius 1 is 1.30 bits per heavy atom. The maximum absolute atomic E-state index is 4.58. The fraction of sp³-hybridized carbons (Fsp3) is 0.733. The van der Waals surface area contributed by atoms with E-state index in [4.69, 9.17) is 0 Å². The zero-order valence-corrected chi connectivity index (χ0v) is 13.8. The van der Waals surface area contributed by atoms with Crippen LogP contribution in [0, 0.1) is 0 Å². The van der Waals surface area contributed by atoms with Crippen molar-refractivity contribution in [1.29, 1.82) is 0 Å². The lowest BCUT2D eigenvalue weighted by atomic mass is 10.1. The van der Waals surface area contributed by atoms with Gasteiger partial charge in [-0.25, -0.2) is 4.98 Å². The van der Waals surface area contributed by atoms with Crippen LogP contribution in [0.3, 0.4) is 0 Å². The van der Waals surface area contributed by atoms with Gasteiger partial charge in [-0.15, -0.1) is 0 Å². The molecule has 1 aliphatic heterocycles. The van der Waals surface area contributed by atoms with E-state index >= 15 is 0 Å². The van der Waals surface area contributed by atoms with Gasteiger partial charge in [0.15, 0.2) is 0 Å². The second-order valence-corrected chi connectivity index (χ2v) is 8.05. The number of hydrogen-bond donors (Lipinski definition) is 1. The summed E-state index contributed by atoms with van der Waals surface area (Å²) >= 11 is 2.05. The van der Waals surface area contributed by atoms with Gasteiger partial charge >= 0.3 is 0 Å². The molecule has 112 valence electrons. The average Bonchev–Trinajstić information content (AvgIpc) is 2.58. The molecule has 1 aromatic heterocycles. The normalized spacial score (nSPS) is 19.1. The van der Waals surface area contributed by atoms with E-state index in [-0.39, 0.29) is 0 Å². The van der Waals surface area contributed by atoms with E-state index in [1.54, 1.807) is 0 Å². The quantitative estimate of drug-likeness (QED) is 0.924. The molecule has 1 aliphatic rings. The summed E-state index contributed by atoms with van der Waals surface area (Å²) in [7, 11) is 0. The first-order valence-electron chi connectivity index (χ1n) is 7.39. The van der Waals surface area contributed by atoms with Gasteiger partial charge in [-0.1, -0.05) is 27.7 Å². The van der Waals surface area contributed by atoms with Crippen LogP contribution in [0.15, 0.2) is 12.4 Å². The molecule has 1 fully saturated rings. The highest BCUT2D eigenvalue weighted by atomic mass is 32.2. The number of thioether (sulfide) groups is 1. The monoisotopic (exact) mass is 294 g/mol. The van der Waals surface area contributed by atoms with E-state index in [1.165, 1.54) is 6.42 Å². The maximum atomic E-state index is 4.58. The van der Waals surface area contributed by atoms with Crippen molar-refractivity contribution in [1.82, 2.24) is 15.3 Å². The Bertz CT molecular complexity index is 416. The van der Waals surface area contributed by atoms with Crippen LogP contribution < -0.4 is 10.2 Å². The van der Waals surface area contributed by atoms with E-state index in [0.29, 0.717) is 10.8 Å². The predicted molar refractivity (Wildman–Crippen MR) is 87.4 cm³/mol. The Morgan fingerprint density at radius 2 is 2.10 bits per heavy atom. The van der Waals surface area contributed by atoms with E-state index in [0.717, 1.165) is 36.9 Å². The van der Waals surface area contributed by atoms with Crippen molar-refractivity contribution in [3.63, 3.8) is 0 Å². The highest BCUT2D eigenvalue weighted by Crippen LogP contribution is 2.31. The maximum Gasteiger partial charge on any atom is 0.147 e. The van der Waals surface area contributed by atoms with Crippen molar-refractivity contribution in [3.05, 3.63) is 18.1 Å². The zero-order chi connectivity index (χ0) is 14.6. The van der Waals surface area contributed by atoms with Gasteiger partial charge in [0.1, 0.15) is 5.82 Å². The Labute approximate surface area is 126 Å². The van der Waals surface area contributed by atoms with E-state index < -0.39 is 0 Å². The van der Waals surface area contributed by atoms with Gasteiger partial charge in [-0.3, -0.25) is 4.98 Å². The van der Waals surface area contributed by atoms with Crippen molar-refractivity contribution in [2.75, 3.05) is 23.7 Å². The van der Waals surface area contributed by atoms with E-state index in [2.05, 4.69) is 59.6 Å². The summed E-state index contributed by atoms with van der Waals surface area (Å²) in [5.41, 5.74) is 1.01. The molecular weight excluding hydrogens is 268 g/mol. The summed E-state index contributed by atoms with van der Waals surface area (Å²) in [6.07, 6.45) is 5.00. The van der Waals surface area contributed by atoms with Crippen LogP contribution in [-0.4, -0.2) is 39.6 Å². The first-order valence-corrected chi connectivity index (χ1v) is 8.38. The van der Waals surface area contributed by atoms with Gasteiger partial charge in [-0.2, -0.15) is 11.8 Å². The number of nitrogens with one attached hydrogen (secondary N) is 1. The first kappa shape index (κ1) is 15.6. The van der Waals surface area contributed by atoms with Crippen molar-refractivity contribution < 1.29 is 0 Å². The van der Waals surface area contributed by atoms with Crippen LogP contribution >= 0.6 is 11.8 Å². The molecule has 0 spiro atoms. The molecule has 1 saturated heterocycles. The SMILES string of the molecule is CC(C)NCc1cnc(N2CCSC(C)(C)CC2)cn1. The van der Waals surface area contributed by atoms with Gasteiger partial charge in [0.2, 0.25) is 0 Å². The standard InChI is InChI=1S/C15H26N4S/c1-12(2)16-9-13-10-18-14(11-17-13)19-6-5-15(3,4)20-8-7-19/h10-12,16H,5-9H2,1-4H3. The topological polar surface area (TPSA) is 41.1 Å². The third kappa shape index (κ3) is 4.63. The molecule has 0 radical (unpaired) electrons. The van der Waals surface area contributed by atoms with Gasteiger partial charge in [0.25, 0.3) is 0 Å². The average molecular weight is 294 g/mol. The molecular formula is C15H26N4S. The second kappa shape index (κ2) is 6.76. The van der Waals surface area contributed by atoms with Crippen LogP contribution in [0.2, 0.25) is 0 Å². The zero-order valence-electron chi connectivity index (χ0n) is 13.0. The third-order valence-corrected chi connectivity index (χ3v) is 4.92. The van der Waals surface area contributed by atoms with Crippen LogP contribution in [0.4, 0.5) is 5.82 Å². The highest BCUT2D eigenvalue weighted by Gasteiger charge is 2.24. The summed E-state index contributed by atoms with van der Waals surface area (Å²) < 4.78 is 0.378. The minimum atomic E-state index is 0.378. The molecule has 1 N–H and O–H groups in total. The summed E-state index contributed by atoms with van der Waals surface area (Å²) in [4.78, 5) is 11.5. The number of anilines is 1. The minimum absolute atomic E-state index is 0.378. The predicted octanol–water partition coefficient (Wildman–Crippen LogP) is 2.70. The lowest BCUT2D eigenvalue weighted by molar-refractivity contribution is 0.579. The third-order valence-electron chi connectivity index (χ3n) is 3.54. The number of nitrogens with zero attached hydrogens (tertiary/aromatic N) is 3. The fourth-order valence-corrected chi connectivity index (χ4v) is 3.26. The Morgan fingerprint density at radius 3 is 2.75 bits per heavy atom. The summed E-state index contributed by atoms with van der Waals surface area (Å²) in [5, 5.41) is 3.36. The molecule has 0 bridgehead atoms. The number of hydrogen-bond acceptors (Lipinski definition) is 5. The molecule has 1 aromatic rings. The van der Waals surface area contributed by atoms with Crippen LogP contribution in [0.25, 0.3) is 0 Å². The number of aromatic nitrogens is 2. The van der Waals surface area contributed by atoms with Crippen molar-refractivity contribution >= 4 is 17.6 Å². The molecule has 0 aromatic carbocycles. The summed E-state index contributed by atoms with van der Waals surface area (Å²) in [6.45, 7) is 11.8. The van der Waals surface area contributed by atoms with Crippen LogP contribution in [0.1, 0.15) is 39.8 Å². The van der Waals surface area contributed by atoms with Gasteiger partial charge in [-0.05, 0) is 6.42 Å². The molecule has 0 aliphatic carbocycles. The smallest absolute Gasteiger partial charge is 0.147 e.